The zero-order valence-corrected chi connectivity index (χ0v) is 10.6. The molecule has 3 heterocycles. The number of carbonyl (C=O) groups excluding carboxylic acids is 1. The lowest BCUT2D eigenvalue weighted by molar-refractivity contribution is 0.0731. The third-order valence-electron chi connectivity index (χ3n) is 3.32. The molecule has 1 aliphatic rings. The lowest BCUT2D eigenvalue weighted by Gasteiger charge is -2.23. The number of H-pyrrole nitrogens is 1. The lowest BCUT2D eigenvalue weighted by atomic mass is 10.1. The number of thiophene rings is 1. The molecule has 1 amide bonds. The molecule has 0 aromatic carbocycles. The SMILES string of the molecule is Nc1cn[nH]c1C(=O)N1CCCC1c1ccsc1. The van der Waals surface area contributed by atoms with E-state index in [9.17, 15) is 4.79 Å². The van der Waals surface area contributed by atoms with Gasteiger partial charge in [-0.1, -0.05) is 0 Å². The van der Waals surface area contributed by atoms with E-state index in [4.69, 9.17) is 5.73 Å². The first-order valence-electron chi connectivity index (χ1n) is 5.89. The summed E-state index contributed by atoms with van der Waals surface area (Å²) in [5, 5.41) is 10.6. The molecule has 2 aromatic heterocycles. The number of hydrogen-bond donors (Lipinski definition) is 2. The van der Waals surface area contributed by atoms with E-state index in [1.54, 1.807) is 11.3 Å². The van der Waals surface area contributed by atoms with Crippen molar-refractivity contribution in [2.24, 2.45) is 0 Å². The second-order valence-corrected chi connectivity index (χ2v) is 5.19. The van der Waals surface area contributed by atoms with Gasteiger partial charge in [0.2, 0.25) is 0 Å². The van der Waals surface area contributed by atoms with E-state index in [0.29, 0.717) is 11.4 Å². The molecule has 1 fully saturated rings. The predicted molar refractivity (Wildman–Crippen MR) is 70.3 cm³/mol. The summed E-state index contributed by atoms with van der Waals surface area (Å²) in [5.74, 6) is -0.0568. The molecule has 2 aromatic rings. The van der Waals surface area contributed by atoms with E-state index in [1.165, 1.54) is 11.8 Å². The van der Waals surface area contributed by atoms with E-state index in [1.807, 2.05) is 10.3 Å². The summed E-state index contributed by atoms with van der Waals surface area (Å²) in [4.78, 5) is 14.3. The Bertz CT molecular complexity index is 548. The third-order valence-corrected chi connectivity index (χ3v) is 4.03. The predicted octanol–water partition coefficient (Wildman–Crippen LogP) is 2.03. The number of carbonyl (C=O) groups is 1. The normalized spacial score (nSPS) is 19.3. The van der Waals surface area contributed by atoms with Crippen LogP contribution in [0.3, 0.4) is 0 Å². The van der Waals surface area contributed by atoms with Crippen LogP contribution >= 0.6 is 11.3 Å². The number of aromatic nitrogens is 2. The zero-order chi connectivity index (χ0) is 12.5. The molecule has 0 aliphatic carbocycles. The molecule has 3 rings (SSSR count). The first-order valence-corrected chi connectivity index (χ1v) is 6.83. The molecule has 0 radical (unpaired) electrons. The van der Waals surface area contributed by atoms with Gasteiger partial charge in [-0.15, -0.1) is 0 Å². The molecular weight excluding hydrogens is 248 g/mol. The van der Waals surface area contributed by atoms with Crippen molar-refractivity contribution in [3.05, 3.63) is 34.3 Å². The van der Waals surface area contributed by atoms with E-state index in [-0.39, 0.29) is 11.9 Å². The highest BCUT2D eigenvalue weighted by Gasteiger charge is 2.32. The minimum absolute atomic E-state index is 0.0568. The monoisotopic (exact) mass is 262 g/mol. The fraction of sp³-hybridized carbons (Fsp3) is 0.333. The quantitative estimate of drug-likeness (QED) is 0.869. The maximum Gasteiger partial charge on any atom is 0.274 e. The largest absolute Gasteiger partial charge is 0.396 e. The second kappa shape index (κ2) is 4.45. The topological polar surface area (TPSA) is 75.0 Å². The van der Waals surface area contributed by atoms with Gasteiger partial charge in [0.05, 0.1) is 17.9 Å². The Labute approximate surface area is 109 Å². The van der Waals surface area contributed by atoms with Crippen LogP contribution in [-0.2, 0) is 0 Å². The van der Waals surface area contributed by atoms with Gasteiger partial charge in [-0.25, -0.2) is 0 Å². The number of nitrogens with one attached hydrogen (secondary N) is 1. The molecule has 1 atom stereocenters. The molecule has 0 spiro atoms. The van der Waals surface area contributed by atoms with E-state index in [2.05, 4.69) is 21.6 Å². The highest BCUT2D eigenvalue weighted by atomic mass is 32.1. The number of hydrogen-bond acceptors (Lipinski definition) is 4. The maximum absolute atomic E-state index is 12.4. The van der Waals surface area contributed by atoms with Crippen LogP contribution in [0.15, 0.2) is 23.0 Å². The molecule has 94 valence electrons. The highest BCUT2D eigenvalue weighted by Crippen LogP contribution is 2.34. The van der Waals surface area contributed by atoms with Crippen LogP contribution in [0.25, 0.3) is 0 Å². The summed E-state index contributed by atoms with van der Waals surface area (Å²) in [6.45, 7) is 0.776. The summed E-state index contributed by atoms with van der Waals surface area (Å²) >= 11 is 1.66. The molecule has 6 heteroatoms. The van der Waals surface area contributed by atoms with Crippen molar-refractivity contribution in [3.63, 3.8) is 0 Å². The van der Waals surface area contributed by atoms with Gasteiger partial charge < -0.3 is 10.6 Å². The number of anilines is 1. The Morgan fingerprint density at radius 2 is 2.50 bits per heavy atom. The summed E-state index contributed by atoms with van der Waals surface area (Å²) in [6, 6.07) is 2.25. The third kappa shape index (κ3) is 1.78. The Hall–Kier alpha value is -1.82. The van der Waals surface area contributed by atoms with Crippen molar-refractivity contribution in [3.8, 4) is 0 Å². The Kier molecular flexibility index (Phi) is 2.79. The number of amides is 1. The second-order valence-electron chi connectivity index (χ2n) is 4.41. The van der Waals surface area contributed by atoms with Crippen molar-refractivity contribution < 1.29 is 4.79 Å². The first kappa shape index (κ1) is 11.3. The molecule has 1 aliphatic heterocycles. The highest BCUT2D eigenvalue weighted by molar-refractivity contribution is 7.07. The van der Waals surface area contributed by atoms with Crippen LogP contribution in [0.5, 0.6) is 0 Å². The molecule has 0 bridgehead atoms. The van der Waals surface area contributed by atoms with E-state index >= 15 is 0 Å². The fourth-order valence-electron chi connectivity index (χ4n) is 2.43. The van der Waals surface area contributed by atoms with Crippen molar-refractivity contribution in [1.29, 1.82) is 0 Å². The summed E-state index contributed by atoms with van der Waals surface area (Å²) in [6.07, 6.45) is 3.51. The van der Waals surface area contributed by atoms with Gasteiger partial charge in [0.15, 0.2) is 0 Å². The van der Waals surface area contributed by atoms with Crippen molar-refractivity contribution in [2.75, 3.05) is 12.3 Å². The number of nitrogens with two attached hydrogens (primary N) is 1. The van der Waals surface area contributed by atoms with Crippen LogP contribution in [0.1, 0.15) is 34.9 Å². The van der Waals surface area contributed by atoms with Crippen molar-refractivity contribution in [1.82, 2.24) is 15.1 Å². The standard InChI is InChI=1S/C12H14N4OS/c13-9-6-14-15-11(9)12(17)16-4-1-2-10(16)8-3-5-18-7-8/h3,5-7,10H,1-2,4,13H2,(H,14,15). The van der Waals surface area contributed by atoms with Gasteiger partial charge in [0, 0.05) is 6.54 Å². The van der Waals surface area contributed by atoms with Crippen LogP contribution in [0.2, 0.25) is 0 Å². The summed E-state index contributed by atoms with van der Waals surface area (Å²) in [7, 11) is 0. The van der Waals surface area contributed by atoms with Crippen molar-refractivity contribution in [2.45, 2.75) is 18.9 Å². The minimum Gasteiger partial charge on any atom is -0.396 e. The summed E-state index contributed by atoms with van der Waals surface area (Å²) in [5.41, 5.74) is 7.76. The summed E-state index contributed by atoms with van der Waals surface area (Å²) < 4.78 is 0. The Morgan fingerprint density at radius 3 is 3.17 bits per heavy atom. The average Bonchev–Trinajstić information content (AvgIpc) is 3.09. The number of likely N-dealkylation sites (tertiary alicyclic amines) is 1. The molecule has 1 unspecified atom stereocenters. The van der Waals surface area contributed by atoms with Gasteiger partial charge in [-0.3, -0.25) is 9.89 Å². The van der Waals surface area contributed by atoms with Gasteiger partial charge in [0.25, 0.3) is 5.91 Å². The minimum atomic E-state index is -0.0568. The zero-order valence-electron chi connectivity index (χ0n) is 9.80. The maximum atomic E-state index is 12.4. The molecule has 0 saturated carbocycles. The van der Waals surface area contributed by atoms with Crippen LogP contribution < -0.4 is 5.73 Å². The molecule has 1 saturated heterocycles. The number of nitrogen functional groups attached to an aromatic ring is 1. The van der Waals surface area contributed by atoms with Crippen LogP contribution in [0.4, 0.5) is 5.69 Å². The first-order chi connectivity index (χ1) is 8.77. The fourth-order valence-corrected chi connectivity index (χ4v) is 3.14. The average molecular weight is 262 g/mol. The van der Waals surface area contributed by atoms with Gasteiger partial charge in [-0.05, 0) is 35.2 Å². The van der Waals surface area contributed by atoms with Crippen LogP contribution in [-0.4, -0.2) is 27.5 Å². The van der Waals surface area contributed by atoms with Gasteiger partial charge in [0.1, 0.15) is 5.69 Å². The van der Waals surface area contributed by atoms with Crippen LogP contribution in [0, 0.1) is 0 Å². The van der Waals surface area contributed by atoms with E-state index < -0.39 is 0 Å². The molecule has 18 heavy (non-hydrogen) atoms. The molecule has 5 nitrogen and oxygen atoms in total. The number of aromatic amines is 1. The molecular formula is C12H14N4OS. The number of nitrogens with zero attached hydrogens (tertiary/aromatic N) is 2. The number of rotatable bonds is 2. The van der Waals surface area contributed by atoms with Crippen molar-refractivity contribution >= 4 is 22.9 Å². The van der Waals surface area contributed by atoms with E-state index in [0.717, 1.165) is 19.4 Å². The Morgan fingerprint density at radius 1 is 1.61 bits per heavy atom. The van der Waals surface area contributed by atoms with Gasteiger partial charge in [-0.2, -0.15) is 16.4 Å². The lowest BCUT2D eigenvalue weighted by Crippen LogP contribution is -2.31. The van der Waals surface area contributed by atoms with Gasteiger partial charge >= 0.3 is 0 Å². The molecule has 3 N–H and O–H groups in total. The Balaban J connectivity index is 1.88. The smallest absolute Gasteiger partial charge is 0.274 e.